The highest BCUT2D eigenvalue weighted by Gasteiger charge is 2.47. The summed E-state index contributed by atoms with van der Waals surface area (Å²) in [6.07, 6.45) is 1.63. The number of hydrogen-bond acceptors (Lipinski definition) is 5. The van der Waals surface area contributed by atoms with Crippen molar-refractivity contribution in [3.8, 4) is 11.5 Å². The quantitative estimate of drug-likeness (QED) is 0.296. The van der Waals surface area contributed by atoms with Crippen molar-refractivity contribution in [2.75, 3.05) is 11.5 Å². The van der Waals surface area contributed by atoms with Crippen LogP contribution in [0.3, 0.4) is 0 Å². The number of aliphatic hydroxyl groups is 1. The first-order valence-corrected chi connectivity index (χ1v) is 11.9. The van der Waals surface area contributed by atoms with E-state index in [1.165, 1.54) is 4.90 Å². The molecule has 178 valence electrons. The maximum Gasteiger partial charge on any atom is 0.300 e. The number of fused-ring (bicyclic) bond motifs is 1. The summed E-state index contributed by atoms with van der Waals surface area (Å²) in [6.45, 7) is 4.55. The van der Waals surface area contributed by atoms with E-state index in [0.717, 1.165) is 29.7 Å². The Morgan fingerprint density at radius 2 is 1.86 bits per heavy atom. The highest BCUT2D eigenvalue weighted by molar-refractivity contribution is 6.51. The minimum Gasteiger partial charge on any atom is -0.507 e. The van der Waals surface area contributed by atoms with Gasteiger partial charge >= 0.3 is 0 Å². The van der Waals surface area contributed by atoms with Crippen LogP contribution < -0.4 is 14.4 Å². The van der Waals surface area contributed by atoms with Gasteiger partial charge in [0.1, 0.15) is 23.4 Å². The Balaban J connectivity index is 1.64. The number of hydrogen-bond donors (Lipinski definition) is 1. The number of rotatable bonds is 6. The normalized spacial score (nSPS) is 20.6. The van der Waals surface area contributed by atoms with E-state index in [4.69, 9.17) is 9.47 Å². The lowest BCUT2D eigenvalue weighted by Gasteiger charge is -2.25. The summed E-state index contributed by atoms with van der Waals surface area (Å²) >= 11 is 0. The van der Waals surface area contributed by atoms with Crippen molar-refractivity contribution in [2.45, 2.75) is 38.8 Å². The largest absolute Gasteiger partial charge is 0.507 e. The van der Waals surface area contributed by atoms with Gasteiger partial charge in [0.2, 0.25) is 0 Å². The standard InChI is InChI=1S/C29H27NO5/c1-3-14-34-23-11-7-10-22(17-23)30-26(19-8-5-4-6-9-19)25(28(32)29(30)33)27(31)20-12-13-24-21(16-20)15-18(2)35-24/h4-13,16-18,26,31H,3,14-15H2,1-2H3/b27-25-. The van der Waals surface area contributed by atoms with Crippen LogP contribution in [-0.2, 0) is 16.0 Å². The smallest absolute Gasteiger partial charge is 0.300 e. The average molecular weight is 470 g/mol. The number of carbonyl (C=O) groups excluding carboxylic acids is 2. The molecule has 0 radical (unpaired) electrons. The maximum atomic E-state index is 13.4. The molecule has 0 aromatic heterocycles. The van der Waals surface area contributed by atoms with Crippen LogP contribution in [0.5, 0.6) is 11.5 Å². The van der Waals surface area contributed by atoms with Crippen LogP contribution in [-0.4, -0.2) is 29.5 Å². The summed E-state index contributed by atoms with van der Waals surface area (Å²) in [7, 11) is 0. The number of nitrogens with zero attached hydrogens (tertiary/aromatic N) is 1. The highest BCUT2D eigenvalue weighted by atomic mass is 16.5. The molecule has 1 N–H and O–H groups in total. The van der Waals surface area contributed by atoms with Gasteiger partial charge < -0.3 is 14.6 Å². The molecule has 1 amide bonds. The fourth-order valence-corrected chi connectivity index (χ4v) is 4.72. The van der Waals surface area contributed by atoms with Gasteiger partial charge in [-0.25, -0.2) is 0 Å². The van der Waals surface area contributed by atoms with Crippen molar-refractivity contribution in [2.24, 2.45) is 0 Å². The molecule has 6 heteroatoms. The van der Waals surface area contributed by atoms with Gasteiger partial charge in [0.25, 0.3) is 11.7 Å². The molecular weight excluding hydrogens is 442 g/mol. The van der Waals surface area contributed by atoms with Gasteiger partial charge in [-0.05, 0) is 54.8 Å². The van der Waals surface area contributed by atoms with Crippen molar-refractivity contribution < 1.29 is 24.2 Å². The summed E-state index contributed by atoms with van der Waals surface area (Å²) in [5.41, 5.74) is 2.78. The van der Waals surface area contributed by atoms with Gasteiger partial charge in [-0.3, -0.25) is 14.5 Å². The Hall–Kier alpha value is -4.06. The lowest BCUT2D eigenvalue weighted by Crippen LogP contribution is -2.29. The number of anilines is 1. The second kappa shape index (κ2) is 9.29. The van der Waals surface area contributed by atoms with Crippen LogP contribution in [0.1, 0.15) is 43.0 Å². The SMILES string of the molecule is CCCOc1cccc(N2C(=O)C(=O)/C(=C(\O)c3ccc4c(c3)CC(C)O4)C2c2ccccc2)c1. The van der Waals surface area contributed by atoms with Crippen LogP contribution in [0.2, 0.25) is 0 Å². The predicted molar refractivity (Wildman–Crippen MR) is 134 cm³/mol. The third-order valence-electron chi connectivity index (χ3n) is 6.30. The number of ether oxygens (including phenoxy) is 2. The van der Waals surface area contributed by atoms with E-state index in [-0.39, 0.29) is 17.4 Å². The second-order valence-electron chi connectivity index (χ2n) is 8.88. The summed E-state index contributed by atoms with van der Waals surface area (Å²) in [4.78, 5) is 28.2. The van der Waals surface area contributed by atoms with Crippen LogP contribution in [0.25, 0.3) is 5.76 Å². The molecule has 2 heterocycles. The molecule has 2 aliphatic rings. The van der Waals surface area contributed by atoms with Crippen molar-refractivity contribution in [3.63, 3.8) is 0 Å². The van der Waals surface area contributed by atoms with Gasteiger partial charge in [-0.1, -0.05) is 43.3 Å². The first-order chi connectivity index (χ1) is 17.0. The molecular formula is C29H27NO5. The molecule has 5 rings (SSSR count). The van der Waals surface area contributed by atoms with Gasteiger partial charge in [0.15, 0.2) is 0 Å². The number of aliphatic hydroxyl groups excluding tert-OH is 1. The predicted octanol–water partition coefficient (Wildman–Crippen LogP) is 5.43. The topological polar surface area (TPSA) is 76.1 Å². The molecule has 0 bridgehead atoms. The Morgan fingerprint density at radius 3 is 2.63 bits per heavy atom. The summed E-state index contributed by atoms with van der Waals surface area (Å²) in [5, 5.41) is 11.4. The van der Waals surface area contributed by atoms with Gasteiger partial charge in [0, 0.05) is 23.7 Å². The summed E-state index contributed by atoms with van der Waals surface area (Å²) in [6, 6.07) is 21.0. The van der Waals surface area contributed by atoms with Crippen LogP contribution in [0.4, 0.5) is 5.69 Å². The highest BCUT2D eigenvalue weighted by Crippen LogP contribution is 2.43. The van der Waals surface area contributed by atoms with Crippen molar-refractivity contribution in [1.82, 2.24) is 0 Å². The van der Waals surface area contributed by atoms with Crippen molar-refractivity contribution in [1.29, 1.82) is 0 Å². The number of benzene rings is 3. The van der Waals surface area contributed by atoms with Gasteiger partial charge in [-0.2, -0.15) is 0 Å². The Morgan fingerprint density at radius 1 is 1.06 bits per heavy atom. The van der Waals surface area contributed by atoms with E-state index in [0.29, 0.717) is 23.6 Å². The molecule has 3 aromatic rings. The number of ketones is 1. The lowest BCUT2D eigenvalue weighted by atomic mass is 9.94. The first-order valence-electron chi connectivity index (χ1n) is 11.9. The monoisotopic (exact) mass is 469 g/mol. The lowest BCUT2D eigenvalue weighted by molar-refractivity contribution is -0.132. The fourth-order valence-electron chi connectivity index (χ4n) is 4.72. The Labute approximate surface area is 204 Å². The Kier molecular flexibility index (Phi) is 6.03. The average Bonchev–Trinajstić information content (AvgIpc) is 3.38. The van der Waals surface area contributed by atoms with Crippen molar-refractivity contribution >= 4 is 23.1 Å². The van der Waals surface area contributed by atoms with Crippen LogP contribution in [0, 0.1) is 0 Å². The van der Waals surface area contributed by atoms with E-state index >= 15 is 0 Å². The molecule has 3 aromatic carbocycles. The summed E-state index contributed by atoms with van der Waals surface area (Å²) < 4.78 is 11.5. The Bertz CT molecular complexity index is 1310. The first kappa shape index (κ1) is 22.7. The third-order valence-corrected chi connectivity index (χ3v) is 6.30. The zero-order valence-corrected chi connectivity index (χ0v) is 19.7. The van der Waals surface area contributed by atoms with E-state index in [1.807, 2.05) is 56.3 Å². The van der Waals surface area contributed by atoms with Crippen molar-refractivity contribution in [3.05, 3.63) is 95.1 Å². The molecule has 1 fully saturated rings. The minimum absolute atomic E-state index is 0.0551. The molecule has 35 heavy (non-hydrogen) atoms. The van der Waals surface area contributed by atoms with E-state index < -0.39 is 17.7 Å². The molecule has 0 saturated carbocycles. The second-order valence-corrected chi connectivity index (χ2v) is 8.88. The molecule has 6 nitrogen and oxygen atoms in total. The molecule has 1 saturated heterocycles. The summed E-state index contributed by atoms with van der Waals surface area (Å²) in [5.74, 6) is -0.211. The number of Topliss-reactive ketones (excluding diaryl/α,β-unsaturated/α-hetero) is 1. The molecule has 0 aliphatic carbocycles. The zero-order chi connectivity index (χ0) is 24.5. The zero-order valence-electron chi connectivity index (χ0n) is 19.7. The van der Waals surface area contributed by atoms with E-state index in [2.05, 4.69) is 0 Å². The molecule has 2 aliphatic heterocycles. The van der Waals surface area contributed by atoms with E-state index in [9.17, 15) is 14.7 Å². The van der Waals surface area contributed by atoms with Gasteiger partial charge in [0.05, 0.1) is 18.2 Å². The third kappa shape index (κ3) is 4.16. The minimum atomic E-state index is -0.777. The van der Waals surface area contributed by atoms with Gasteiger partial charge in [-0.15, -0.1) is 0 Å². The van der Waals surface area contributed by atoms with E-state index in [1.54, 1.807) is 30.3 Å². The van der Waals surface area contributed by atoms with Crippen LogP contribution >= 0.6 is 0 Å². The van der Waals surface area contributed by atoms with Crippen LogP contribution in [0.15, 0.2) is 78.4 Å². The number of amides is 1. The molecule has 2 unspecified atom stereocenters. The molecule has 2 atom stereocenters. The maximum absolute atomic E-state index is 13.4. The number of carbonyl (C=O) groups is 2. The molecule has 0 spiro atoms. The fraction of sp³-hybridized carbons (Fsp3) is 0.241.